The van der Waals surface area contributed by atoms with Crippen LogP contribution in [-0.4, -0.2) is 35.6 Å². The molecule has 3 heterocycles. The summed E-state index contributed by atoms with van der Waals surface area (Å²) in [7, 11) is 1.35. The Hall–Kier alpha value is -4.72. The molecule has 1 aliphatic heterocycles. The van der Waals surface area contributed by atoms with Gasteiger partial charge in [0.25, 0.3) is 5.91 Å². The van der Waals surface area contributed by atoms with Crippen molar-refractivity contribution in [1.29, 1.82) is 0 Å². The van der Waals surface area contributed by atoms with Gasteiger partial charge in [0, 0.05) is 24.3 Å². The number of ether oxygens (including phenoxy) is 2. The standard InChI is InChI=1S/C27H22N4O4/c1-34-27(33)21-5-2-6-22(12-21)30-25-14-20(9-11-29-25)19-7-8-24-23(13-19)31(26(32)17-35-24)16-18-4-3-10-28-15-18/h2-15H,16-17H2,1H3,(H,29,30). The van der Waals surface area contributed by atoms with Gasteiger partial charge in [-0.2, -0.15) is 0 Å². The van der Waals surface area contributed by atoms with Crippen LogP contribution in [0, 0.1) is 0 Å². The van der Waals surface area contributed by atoms with Crippen molar-refractivity contribution in [2.45, 2.75) is 6.54 Å². The van der Waals surface area contributed by atoms with Gasteiger partial charge >= 0.3 is 5.97 Å². The van der Waals surface area contributed by atoms with Crippen molar-refractivity contribution in [2.75, 3.05) is 23.9 Å². The maximum absolute atomic E-state index is 12.7. The summed E-state index contributed by atoms with van der Waals surface area (Å²) in [5.41, 5.74) is 4.62. The quantitative estimate of drug-likeness (QED) is 0.415. The van der Waals surface area contributed by atoms with Crippen LogP contribution in [0.15, 0.2) is 85.3 Å². The highest BCUT2D eigenvalue weighted by molar-refractivity contribution is 5.98. The SMILES string of the molecule is COC(=O)c1cccc(Nc2cc(-c3ccc4c(c3)N(Cc3cccnc3)C(=O)CO4)ccn2)c1. The summed E-state index contributed by atoms with van der Waals surface area (Å²) in [6.07, 6.45) is 5.16. The minimum atomic E-state index is -0.406. The maximum atomic E-state index is 12.7. The molecule has 0 saturated carbocycles. The summed E-state index contributed by atoms with van der Waals surface area (Å²) < 4.78 is 10.5. The first-order valence-corrected chi connectivity index (χ1v) is 11.0. The molecular weight excluding hydrogens is 444 g/mol. The minimum Gasteiger partial charge on any atom is -0.482 e. The summed E-state index contributed by atoms with van der Waals surface area (Å²) in [6.45, 7) is 0.409. The van der Waals surface area contributed by atoms with E-state index in [4.69, 9.17) is 9.47 Å². The van der Waals surface area contributed by atoms with Crippen LogP contribution in [0.4, 0.5) is 17.2 Å². The molecular formula is C27H22N4O4. The molecule has 5 rings (SSSR count). The topological polar surface area (TPSA) is 93.7 Å². The van der Waals surface area contributed by atoms with E-state index >= 15 is 0 Å². The molecule has 0 bridgehead atoms. The number of benzene rings is 2. The molecule has 0 spiro atoms. The lowest BCUT2D eigenvalue weighted by Gasteiger charge is -2.30. The summed E-state index contributed by atoms with van der Waals surface area (Å²) >= 11 is 0. The second-order valence-corrected chi connectivity index (χ2v) is 7.94. The zero-order valence-corrected chi connectivity index (χ0v) is 19.0. The van der Waals surface area contributed by atoms with Crippen molar-refractivity contribution in [3.63, 3.8) is 0 Å². The van der Waals surface area contributed by atoms with Gasteiger partial charge in [-0.1, -0.05) is 18.2 Å². The van der Waals surface area contributed by atoms with E-state index in [0.717, 1.165) is 16.7 Å². The molecule has 1 N–H and O–H groups in total. The number of pyridine rings is 2. The Morgan fingerprint density at radius 1 is 1.06 bits per heavy atom. The van der Waals surface area contributed by atoms with Crippen LogP contribution in [0.2, 0.25) is 0 Å². The number of methoxy groups -OCH3 is 1. The highest BCUT2D eigenvalue weighted by atomic mass is 16.5. The van der Waals surface area contributed by atoms with Gasteiger partial charge in [-0.25, -0.2) is 9.78 Å². The third-order valence-electron chi connectivity index (χ3n) is 5.61. The van der Waals surface area contributed by atoms with Crippen LogP contribution < -0.4 is 15.0 Å². The second-order valence-electron chi connectivity index (χ2n) is 7.94. The normalized spacial score (nSPS) is 12.5. The Bertz CT molecular complexity index is 1390. The van der Waals surface area contributed by atoms with Crippen molar-refractivity contribution in [2.24, 2.45) is 0 Å². The molecule has 1 aliphatic rings. The highest BCUT2D eigenvalue weighted by Crippen LogP contribution is 2.37. The van der Waals surface area contributed by atoms with Crippen LogP contribution in [0.5, 0.6) is 5.75 Å². The molecule has 0 aliphatic carbocycles. The monoisotopic (exact) mass is 466 g/mol. The van der Waals surface area contributed by atoms with Crippen molar-refractivity contribution < 1.29 is 19.1 Å². The Kier molecular flexibility index (Phi) is 6.09. The van der Waals surface area contributed by atoms with Crippen molar-refractivity contribution >= 4 is 29.1 Å². The van der Waals surface area contributed by atoms with Crippen molar-refractivity contribution in [1.82, 2.24) is 9.97 Å². The van der Waals surface area contributed by atoms with E-state index < -0.39 is 5.97 Å². The first-order chi connectivity index (χ1) is 17.1. The molecule has 0 atom stereocenters. The summed E-state index contributed by atoms with van der Waals surface area (Å²) in [5, 5.41) is 3.23. The van der Waals surface area contributed by atoms with E-state index in [1.165, 1.54) is 7.11 Å². The molecule has 35 heavy (non-hydrogen) atoms. The predicted octanol–water partition coefficient (Wildman–Crippen LogP) is 4.60. The number of nitrogens with one attached hydrogen (secondary N) is 1. The van der Waals surface area contributed by atoms with E-state index in [0.29, 0.717) is 35.1 Å². The number of esters is 1. The fourth-order valence-electron chi connectivity index (χ4n) is 3.90. The van der Waals surface area contributed by atoms with Crippen molar-refractivity contribution in [3.8, 4) is 16.9 Å². The van der Waals surface area contributed by atoms with Gasteiger partial charge in [0.2, 0.25) is 0 Å². The number of fused-ring (bicyclic) bond motifs is 1. The van der Waals surface area contributed by atoms with E-state index in [2.05, 4.69) is 15.3 Å². The molecule has 174 valence electrons. The minimum absolute atomic E-state index is 0.000567. The Balaban J connectivity index is 1.43. The first-order valence-electron chi connectivity index (χ1n) is 11.0. The molecule has 1 amide bonds. The molecule has 0 unspecified atom stereocenters. The third kappa shape index (κ3) is 4.81. The van der Waals surface area contributed by atoms with E-state index in [-0.39, 0.29) is 12.5 Å². The van der Waals surface area contributed by atoms with Crippen molar-refractivity contribution in [3.05, 3.63) is 96.4 Å². The molecule has 2 aromatic carbocycles. The van der Waals surface area contributed by atoms with Crippen LogP contribution in [-0.2, 0) is 16.1 Å². The number of carbonyl (C=O) groups excluding carboxylic acids is 2. The number of carbonyl (C=O) groups is 2. The molecule has 8 heteroatoms. The smallest absolute Gasteiger partial charge is 0.337 e. The van der Waals surface area contributed by atoms with Gasteiger partial charge in [0.1, 0.15) is 11.6 Å². The van der Waals surface area contributed by atoms with Gasteiger partial charge in [-0.3, -0.25) is 9.78 Å². The molecule has 2 aromatic heterocycles. The first kappa shape index (κ1) is 22.1. The van der Waals surface area contributed by atoms with Crippen LogP contribution >= 0.6 is 0 Å². The van der Waals surface area contributed by atoms with Gasteiger partial charge in [-0.15, -0.1) is 0 Å². The molecule has 0 saturated heterocycles. The van der Waals surface area contributed by atoms with Crippen LogP contribution in [0.1, 0.15) is 15.9 Å². The van der Waals surface area contributed by atoms with Gasteiger partial charge in [0.05, 0.1) is 24.9 Å². The van der Waals surface area contributed by atoms with E-state index in [1.807, 2.05) is 48.5 Å². The second kappa shape index (κ2) is 9.64. The van der Waals surface area contributed by atoms with Gasteiger partial charge in [0.15, 0.2) is 6.61 Å². The number of rotatable bonds is 6. The lowest BCUT2D eigenvalue weighted by molar-refractivity contribution is -0.121. The van der Waals surface area contributed by atoms with Crippen LogP contribution in [0.25, 0.3) is 11.1 Å². The third-order valence-corrected chi connectivity index (χ3v) is 5.61. The number of anilines is 3. The lowest BCUT2D eigenvalue weighted by Crippen LogP contribution is -2.38. The van der Waals surface area contributed by atoms with Gasteiger partial charge in [-0.05, 0) is 65.2 Å². The Labute approximate surface area is 202 Å². The Morgan fingerprint density at radius 3 is 2.77 bits per heavy atom. The zero-order chi connectivity index (χ0) is 24.2. The fraction of sp³-hybridized carbons (Fsp3) is 0.111. The lowest BCUT2D eigenvalue weighted by atomic mass is 10.0. The molecule has 8 nitrogen and oxygen atoms in total. The highest BCUT2D eigenvalue weighted by Gasteiger charge is 2.26. The largest absolute Gasteiger partial charge is 0.482 e. The van der Waals surface area contributed by atoms with E-state index in [9.17, 15) is 9.59 Å². The number of amides is 1. The summed E-state index contributed by atoms with van der Waals surface area (Å²) in [6, 6.07) is 20.4. The zero-order valence-electron chi connectivity index (χ0n) is 19.0. The number of aromatic nitrogens is 2. The van der Waals surface area contributed by atoms with Gasteiger partial charge < -0.3 is 19.7 Å². The van der Waals surface area contributed by atoms with Crippen LogP contribution in [0.3, 0.4) is 0 Å². The number of hydrogen-bond donors (Lipinski definition) is 1. The predicted molar refractivity (Wildman–Crippen MR) is 132 cm³/mol. The summed E-state index contributed by atoms with van der Waals surface area (Å²) in [4.78, 5) is 34.8. The molecule has 0 radical (unpaired) electrons. The average Bonchev–Trinajstić information content (AvgIpc) is 2.90. The maximum Gasteiger partial charge on any atom is 0.337 e. The number of hydrogen-bond acceptors (Lipinski definition) is 7. The Morgan fingerprint density at radius 2 is 1.94 bits per heavy atom. The van der Waals surface area contributed by atoms with E-state index in [1.54, 1.807) is 41.7 Å². The average molecular weight is 466 g/mol. The fourth-order valence-corrected chi connectivity index (χ4v) is 3.90. The number of nitrogens with zero attached hydrogens (tertiary/aromatic N) is 3. The molecule has 0 fully saturated rings. The molecule has 4 aromatic rings. The summed E-state index contributed by atoms with van der Waals surface area (Å²) in [5.74, 6) is 0.754.